The first-order valence-corrected chi connectivity index (χ1v) is 12.6. The molecule has 0 aliphatic heterocycles. The van der Waals surface area contributed by atoms with Gasteiger partial charge < -0.3 is 27.8 Å². The highest BCUT2D eigenvalue weighted by Gasteiger charge is 2.14. The molecule has 0 atom stereocenters. The van der Waals surface area contributed by atoms with E-state index in [-0.39, 0.29) is 32.0 Å². The van der Waals surface area contributed by atoms with Crippen LogP contribution in [0, 0.1) is 13.8 Å². The lowest BCUT2D eigenvalue weighted by atomic mass is 10.1. The summed E-state index contributed by atoms with van der Waals surface area (Å²) in [4.78, 5) is 36.0. The minimum atomic E-state index is -0.555. The van der Waals surface area contributed by atoms with Gasteiger partial charge in [0.25, 0.3) is 0 Å². The van der Waals surface area contributed by atoms with Gasteiger partial charge in [0, 0.05) is 35.0 Å². The monoisotopic (exact) mass is 542 g/mol. The maximum absolute atomic E-state index is 12.7. The minimum Gasteiger partial charge on any atom is -0.490 e. The average molecular weight is 543 g/mol. The molecule has 9 nitrogen and oxygen atoms in total. The Labute approximate surface area is 228 Å². The van der Waals surface area contributed by atoms with Crippen LogP contribution in [0.3, 0.4) is 0 Å². The number of carbonyl (C=O) groups is 1. The van der Waals surface area contributed by atoms with E-state index in [1.54, 1.807) is 48.5 Å². The first kappa shape index (κ1) is 26.6. The molecule has 0 spiro atoms. The Bertz CT molecular complexity index is 1800. The van der Waals surface area contributed by atoms with Crippen LogP contribution in [0.2, 0.25) is 0 Å². The standard InChI is InChI=1S/C31H26O9/c1-19-15-29(32)39-27-17-21(7-9-23(19)27)35-11-13-37-26-6-4-3-5-25(26)31(34)38-14-12-36-22-8-10-24-20(2)16-30(33)40-28(24)18-22/h3-10,15-18H,11-14H2,1-2H3. The van der Waals surface area contributed by atoms with Crippen molar-refractivity contribution in [3.63, 3.8) is 0 Å². The van der Waals surface area contributed by atoms with Gasteiger partial charge in [0.1, 0.15) is 60.4 Å². The molecule has 0 bridgehead atoms. The molecule has 0 unspecified atom stereocenters. The van der Waals surface area contributed by atoms with Crippen molar-refractivity contribution in [3.8, 4) is 17.2 Å². The fraction of sp³-hybridized carbons (Fsp3) is 0.194. The Kier molecular flexibility index (Phi) is 7.82. The second-order valence-electron chi connectivity index (χ2n) is 8.99. The van der Waals surface area contributed by atoms with Crippen molar-refractivity contribution in [2.45, 2.75) is 13.8 Å². The van der Waals surface area contributed by atoms with E-state index in [9.17, 15) is 14.4 Å². The fourth-order valence-corrected chi connectivity index (χ4v) is 4.23. The third-order valence-electron chi connectivity index (χ3n) is 6.15. The number of carbonyl (C=O) groups excluding carboxylic acids is 1. The molecule has 0 aliphatic carbocycles. The summed E-state index contributed by atoms with van der Waals surface area (Å²) >= 11 is 0. The van der Waals surface area contributed by atoms with Crippen LogP contribution in [0.4, 0.5) is 0 Å². The van der Waals surface area contributed by atoms with E-state index in [1.165, 1.54) is 12.1 Å². The first-order valence-electron chi connectivity index (χ1n) is 12.6. The second-order valence-corrected chi connectivity index (χ2v) is 8.99. The molecular weight excluding hydrogens is 516 g/mol. The van der Waals surface area contributed by atoms with Crippen LogP contribution in [0.25, 0.3) is 21.9 Å². The van der Waals surface area contributed by atoms with Gasteiger partial charge in [-0.3, -0.25) is 0 Å². The van der Waals surface area contributed by atoms with Crippen molar-refractivity contribution in [2.24, 2.45) is 0 Å². The fourth-order valence-electron chi connectivity index (χ4n) is 4.23. The molecule has 0 amide bonds. The van der Waals surface area contributed by atoms with Crippen LogP contribution in [0.1, 0.15) is 21.5 Å². The lowest BCUT2D eigenvalue weighted by Crippen LogP contribution is -2.15. The lowest BCUT2D eigenvalue weighted by Gasteiger charge is -2.12. The van der Waals surface area contributed by atoms with Gasteiger partial charge in [-0.25, -0.2) is 14.4 Å². The Morgan fingerprint density at radius 2 is 1.18 bits per heavy atom. The number of benzene rings is 3. The quantitative estimate of drug-likeness (QED) is 0.133. The molecular formula is C31H26O9. The van der Waals surface area contributed by atoms with Crippen molar-refractivity contribution < 1.29 is 32.6 Å². The van der Waals surface area contributed by atoms with Crippen LogP contribution in [-0.2, 0) is 4.74 Å². The van der Waals surface area contributed by atoms with Crippen LogP contribution >= 0.6 is 0 Å². The molecule has 0 fully saturated rings. The molecule has 0 radical (unpaired) electrons. The molecule has 3 aromatic carbocycles. The highest BCUT2D eigenvalue weighted by molar-refractivity contribution is 5.92. The van der Waals surface area contributed by atoms with Gasteiger partial charge in [0.15, 0.2) is 0 Å². The van der Waals surface area contributed by atoms with E-state index in [1.807, 2.05) is 26.0 Å². The zero-order valence-electron chi connectivity index (χ0n) is 21.9. The maximum atomic E-state index is 12.7. The van der Waals surface area contributed by atoms with E-state index in [2.05, 4.69) is 0 Å². The van der Waals surface area contributed by atoms with Gasteiger partial charge in [-0.2, -0.15) is 0 Å². The number of aryl methyl sites for hydroxylation is 2. The number of para-hydroxylation sites is 1. The molecule has 0 aliphatic rings. The molecule has 9 heteroatoms. The number of hydrogen-bond acceptors (Lipinski definition) is 9. The van der Waals surface area contributed by atoms with Crippen molar-refractivity contribution >= 4 is 27.9 Å². The summed E-state index contributed by atoms with van der Waals surface area (Å²) in [6.45, 7) is 4.15. The average Bonchev–Trinajstić information content (AvgIpc) is 2.93. The number of rotatable bonds is 10. The van der Waals surface area contributed by atoms with Gasteiger partial charge in [-0.05, 0) is 61.4 Å². The number of fused-ring (bicyclic) bond motifs is 2. The summed E-state index contributed by atoms with van der Waals surface area (Å²) in [5.74, 6) is 0.822. The van der Waals surface area contributed by atoms with E-state index in [0.29, 0.717) is 28.4 Å². The first-order chi connectivity index (χ1) is 19.4. The normalized spacial score (nSPS) is 10.9. The second kappa shape index (κ2) is 11.8. The minimum absolute atomic E-state index is 0.00362. The third-order valence-corrected chi connectivity index (χ3v) is 6.15. The van der Waals surface area contributed by atoms with Gasteiger partial charge in [-0.1, -0.05) is 12.1 Å². The lowest BCUT2D eigenvalue weighted by molar-refractivity contribution is 0.0445. The molecule has 2 heterocycles. The maximum Gasteiger partial charge on any atom is 0.342 e. The number of esters is 1. The van der Waals surface area contributed by atoms with E-state index in [0.717, 1.165) is 21.9 Å². The van der Waals surface area contributed by atoms with Crippen LogP contribution < -0.4 is 25.5 Å². The summed E-state index contributed by atoms with van der Waals surface area (Å²) in [5.41, 5.74) is 1.95. The largest absolute Gasteiger partial charge is 0.490 e. The Hall–Kier alpha value is -5.05. The molecule has 0 saturated carbocycles. The topological polar surface area (TPSA) is 114 Å². The molecule has 0 N–H and O–H groups in total. The zero-order valence-corrected chi connectivity index (χ0v) is 21.9. The van der Waals surface area contributed by atoms with Crippen molar-refractivity contribution in [3.05, 3.63) is 110 Å². The predicted molar refractivity (Wildman–Crippen MR) is 148 cm³/mol. The van der Waals surface area contributed by atoms with Crippen molar-refractivity contribution in [1.29, 1.82) is 0 Å². The highest BCUT2D eigenvalue weighted by Crippen LogP contribution is 2.24. The van der Waals surface area contributed by atoms with Gasteiger partial charge in [0.05, 0.1) is 0 Å². The summed E-state index contributed by atoms with van der Waals surface area (Å²) in [5, 5.41) is 1.66. The predicted octanol–water partition coefficient (Wildman–Crippen LogP) is 5.21. The summed E-state index contributed by atoms with van der Waals surface area (Å²) in [7, 11) is 0. The van der Waals surface area contributed by atoms with Crippen molar-refractivity contribution in [2.75, 3.05) is 26.4 Å². The van der Waals surface area contributed by atoms with Gasteiger partial charge in [0.2, 0.25) is 0 Å². The Balaban J connectivity index is 1.11. The Morgan fingerprint density at radius 3 is 1.77 bits per heavy atom. The smallest absolute Gasteiger partial charge is 0.342 e. The van der Waals surface area contributed by atoms with Gasteiger partial charge >= 0.3 is 17.2 Å². The van der Waals surface area contributed by atoms with E-state index in [4.69, 9.17) is 27.8 Å². The Morgan fingerprint density at radius 1 is 0.650 bits per heavy atom. The van der Waals surface area contributed by atoms with E-state index < -0.39 is 17.2 Å². The molecule has 5 rings (SSSR count). The molecule has 204 valence electrons. The summed E-state index contributed by atoms with van der Waals surface area (Å²) in [6, 6.07) is 20.1. The molecule has 0 saturated heterocycles. The SMILES string of the molecule is Cc1cc(=O)oc2cc(OCCOC(=O)c3ccccc3OCCOc3ccc4c(C)cc(=O)oc4c3)ccc12. The van der Waals surface area contributed by atoms with Crippen LogP contribution in [0.5, 0.6) is 17.2 Å². The van der Waals surface area contributed by atoms with E-state index >= 15 is 0 Å². The number of ether oxygens (including phenoxy) is 4. The van der Waals surface area contributed by atoms with Crippen LogP contribution in [0.15, 0.2) is 91.2 Å². The number of hydrogen-bond donors (Lipinski definition) is 0. The van der Waals surface area contributed by atoms with Crippen molar-refractivity contribution in [1.82, 2.24) is 0 Å². The summed E-state index contributed by atoms with van der Waals surface area (Å²) in [6.07, 6.45) is 0. The zero-order chi connectivity index (χ0) is 28.1. The molecule has 5 aromatic rings. The van der Waals surface area contributed by atoms with Gasteiger partial charge in [-0.15, -0.1) is 0 Å². The highest BCUT2D eigenvalue weighted by atomic mass is 16.6. The molecule has 40 heavy (non-hydrogen) atoms. The summed E-state index contributed by atoms with van der Waals surface area (Å²) < 4.78 is 33.0. The third kappa shape index (κ3) is 6.15. The molecule has 2 aromatic heterocycles. The van der Waals surface area contributed by atoms with Crippen LogP contribution in [-0.4, -0.2) is 32.4 Å².